The number of benzene rings is 2. The molecule has 6 heteroatoms. The molecule has 0 unspecified atom stereocenters. The van der Waals surface area contributed by atoms with E-state index in [-0.39, 0.29) is 11.8 Å². The molecular formula is C20H15BrN2O3. The smallest absolute Gasteiger partial charge is 0.215 e. The molecule has 2 aliphatic heterocycles. The van der Waals surface area contributed by atoms with Gasteiger partial charge in [0.2, 0.25) is 6.23 Å². The van der Waals surface area contributed by atoms with E-state index in [0.29, 0.717) is 0 Å². The Kier molecular flexibility index (Phi) is 3.53. The van der Waals surface area contributed by atoms with Crippen molar-refractivity contribution < 1.29 is 14.3 Å². The molecule has 0 bridgehead atoms. The molecule has 0 radical (unpaired) electrons. The number of para-hydroxylation sites is 1. The van der Waals surface area contributed by atoms with Gasteiger partial charge in [0.05, 0.1) is 12.3 Å². The van der Waals surface area contributed by atoms with Crippen molar-refractivity contribution in [3.05, 3.63) is 82.2 Å². The lowest BCUT2D eigenvalue weighted by Gasteiger charge is -2.38. The number of hydrogen-bond acceptors (Lipinski definition) is 5. The number of phenols is 1. The molecule has 3 aromatic rings. The van der Waals surface area contributed by atoms with Gasteiger partial charge in [-0.25, -0.2) is 5.01 Å². The molecule has 5 nitrogen and oxygen atoms in total. The van der Waals surface area contributed by atoms with E-state index in [1.54, 1.807) is 18.4 Å². The van der Waals surface area contributed by atoms with E-state index >= 15 is 0 Å². The van der Waals surface area contributed by atoms with Crippen LogP contribution < -0.4 is 4.74 Å². The van der Waals surface area contributed by atoms with E-state index in [1.165, 1.54) is 0 Å². The number of halogens is 1. The Labute approximate surface area is 158 Å². The minimum absolute atomic E-state index is 0.0549. The average molecular weight is 411 g/mol. The van der Waals surface area contributed by atoms with E-state index < -0.39 is 6.23 Å². The Hall–Kier alpha value is -2.73. The maximum Gasteiger partial charge on any atom is 0.215 e. The van der Waals surface area contributed by atoms with E-state index in [4.69, 9.17) is 14.3 Å². The summed E-state index contributed by atoms with van der Waals surface area (Å²) in [5.41, 5.74) is 2.82. The summed E-state index contributed by atoms with van der Waals surface area (Å²) < 4.78 is 12.7. The van der Waals surface area contributed by atoms with Gasteiger partial charge in [0.1, 0.15) is 23.0 Å². The summed E-state index contributed by atoms with van der Waals surface area (Å²) in [4.78, 5) is 0. The summed E-state index contributed by atoms with van der Waals surface area (Å²) in [6.07, 6.45) is 1.95. The highest BCUT2D eigenvalue weighted by molar-refractivity contribution is 9.10. The maximum absolute atomic E-state index is 9.96. The Bertz CT molecular complexity index is 1000. The molecule has 0 fully saturated rings. The van der Waals surface area contributed by atoms with Gasteiger partial charge in [0.25, 0.3) is 0 Å². The van der Waals surface area contributed by atoms with Gasteiger partial charge < -0.3 is 14.3 Å². The van der Waals surface area contributed by atoms with Gasteiger partial charge in [0, 0.05) is 22.0 Å². The number of phenolic OH excluding ortho intramolecular Hbond substituents is 1. The van der Waals surface area contributed by atoms with Gasteiger partial charge in [-0.2, -0.15) is 5.10 Å². The van der Waals surface area contributed by atoms with Gasteiger partial charge in [0.15, 0.2) is 0 Å². The number of fused-ring (bicyclic) bond motifs is 3. The third-order valence-electron chi connectivity index (χ3n) is 4.75. The zero-order chi connectivity index (χ0) is 17.7. The molecule has 1 N–H and O–H groups in total. The highest BCUT2D eigenvalue weighted by atomic mass is 79.9. The molecular weight excluding hydrogens is 396 g/mol. The molecule has 0 spiro atoms. The van der Waals surface area contributed by atoms with Gasteiger partial charge in [-0.3, -0.25) is 0 Å². The monoisotopic (exact) mass is 410 g/mol. The highest BCUT2D eigenvalue weighted by Crippen LogP contribution is 2.48. The third-order valence-corrected chi connectivity index (χ3v) is 5.47. The number of aromatic hydroxyl groups is 1. The lowest BCUT2D eigenvalue weighted by molar-refractivity contribution is -0.0196. The summed E-state index contributed by atoms with van der Waals surface area (Å²) in [6.45, 7) is 0. The van der Waals surface area contributed by atoms with Crippen molar-refractivity contribution in [1.29, 1.82) is 0 Å². The van der Waals surface area contributed by atoms with E-state index in [2.05, 4.69) is 22.0 Å². The molecule has 0 saturated carbocycles. The molecule has 2 aliphatic rings. The molecule has 3 heterocycles. The SMILES string of the molecule is Oc1ccc(Br)c([C@H]2Oc3ccccc3[C@@H]3CC(c4ccco4)=NN23)c1. The van der Waals surface area contributed by atoms with Crippen LogP contribution in [0.3, 0.4) is 0 Å². The third kappa shape index (κ3) is 2.41. The number of hydrazone groups is 1. The normalized spacial score (nSPS) is 21.0. The summed E-state index contributed by atoms with van der Waals surface area (Å²) in [7, 11) is 0. The van der Waals surface area contributed by atoms with Crippen LogP contribution in [0.15, 0.2) is 74.9 Å². The van der Waals surface area contributed by atoms with Crippen LogP contribution >= 0.6 is 15.9 Å². The van der Waals surface area contributed by atoms with Crippen LogP contribution in [0.1, 0.15) is 35.6 Å². The van der Waals surface area contributed by atoms with Gasteiger partial charge in [-0.05, 0) is 36.4 Å². The fourth-order valence-electron chi connectivity index (χ4n) is 3.55. The van der Waals surface area contributed by atoms with Crippen molar-refractivity contribution in [2.75, 3.05) is 0 Å². The Balaban J connectivity index is 1.64. The average Bonchev–Trinajstić information content (AvgIpc) is 3.32. The molecule has 0 aliphatic carbocycles. The van der Waals surface area contributed by atoms with E-state index in [9.17, 15) is 5.11 Å². The first-order chi connectivity index (χ1) is 12.7. The fourth-order valence-corrected chi connectivity index (χ4v) is 3.99. The number of ether oxygens (including phenoxy) is 1. The standard InChI is InChI=1S/C20H15BrN2O3/c21-15-8-7-12(24)10-14(15)20-23-17(13-4-1-2-5-18(13)26-20)11-16(22-23)19-6-3-9-25-19/h1-10,17,20,24H,11H2/t17-,20+/m0/s1. The molecule has 2 atom stereocenters. The van der Waals surface area contributed by atoms with Crippen LogP contribution in [-0.2, 0) is 0 Å². The fraction of sp³-hybridized carbons (Fsp3) is 0.150. The summed E-state index contributed by atoms with van der Waals surface area (Å²) in [6, 6.07) is 17.0. The number of nitrogens with zero attached hydrogens (tertiary/aromatic N) is 2. The molecule has 0 saturated heterocycles. The molecule has 1 aromatic heterocycles. The van der Waals surface area contributed by atoms with Crippen LogP contribution in [0.5, 0.6) is 11.5 Å². The first-order valence-electron chi connectivity index (χ1n) is 8.34. The zero-order valence-electron chi connectivity index (χ0n) is 13.7. The lowest BCUT2D eigenvalue weighted by atomic mass is 9.97. The van der Waals surface area contributed by atoms with Crippen molar-refractivity contribution in [2.24, 2.45) is 5.10 Å². The van der Waals surface area contributed by atoms with Crippen LogP contribution in [-0.4, -0.2) is 15.8 Å². The number of hydrogen-bond donors (Lipinski definition) is 1. The van der Waals surface area contributed by atoms with Crippen molar-refractivity contribution in [1.82, 2.24) is 5.01 Å². The van der Waals surface area contributed by atoms with Crippen molar-refractivity contribution in [3.8, 4) is 11.5 Å². The quantitative estimate of drug-likeness (QED) is 0.646. The first-order valence-corrected chi connectivity index (χ1v) is 9.14. The predicted octanol–water partition coefficient (Wildman–Crippen LogP) is 4.99. The second-order valence-corrected chi connectivity index (χ2v) is 7.19. The molecule has 5 rings (SSSR count). The van der Waals surface area contributed by atoms with Crippen LogP contribution in [0.25, 0.3) is 0 Å². The van der Waals surface area contributed by atoms with Crippen LogP contribution in [0, 0.1) is 0 Å². The van der Waals surface area contributed by atoms with Crippen LogP contribution in [0.4, 0.5) is 0 Å². The van der Waals surface area contributed by atoms with Crippen molar-refractivity contribution in [3.63, 3.8) is 0 Å². The van der Waals surface area contributed by atoms with Crippen LogP contribution in [0.2, 0.25) is 0 Å². The topological polar surface area (TPSA) is 58.2 Å². The zero-order valence-corrected chi connectivity index (χ0v) is 15.3. The Morgan fingerprint density at radius 1 is 1.08 bits per heavy atom. The predicted molar refractivity (Wildman–Crippen MR) is 100 cm³/mol. The van der Waals surface area contributed by atoms with Gasteiger partial charge in [-0.1, -0.05) is 34.1 Å². The summed E-state index contributed by atoms with van der Waals surface area (Å²) in [5.74, 6) is 1.80. The maximum atomic E-state index is 9.96. The Morgan fingerprint density at radius 2 is 1.96 bits per heavy atom. The number of furan rings is 1. The molecule has 130 valence electrons. The van der Waals surface area contributed by atoms with E-state index in [0.717, 1.165) is 39.2 Å². The molecule has 26 heavy (non-hydrogen) atoms. The second-order valence-electron chi connectivity index (χ2n) is 6.34. The van der Waals surface area contributed by atoms with Crippen molar-refractivity contribution >= 4 is 21.6 Å². The summed E-state index contributed by atoms with van der Waals surface area (Å²) in [5, 5.41) is 16.7. The lowest BCUT2D eigenvalue weighted by Crippen LogP contribution is -2.33. The minimum atomic E-state index is -0.441. The first kappa shape index (κ1) is 15.5. The molecule has 0 amide bonds. The van der Waals surface area contributed by atoms with E-state index in [1.807, 2.05) is 41.4 Å². The Morgan fingerprint density at radius 3 is 2.81 bits per heavy atom. The summed E-state index contributed by atoms with van der Waals surface area (Å²) >= 11 is 3.57. The van der Waals surface area contributed by atoms with Gasteiger partial charge in [-0.15, -0.1) is 0 Å². The minimum Gasteiger partial charge on any atom is -0.508 e. The largest absolute Gasteiger partial charge is 0.508 e. The van der Waals surface area contributed by atoms with Crippen molar-refractivity contribution in [2.45, 2.75) is 18.7 Å². The number of rotatable bonds is 2. The second kappa shape index (κ2) is 5.92. The van der Waals surface area contributed by atoms with Gasteiger partial charge >= 0.3 is 0 Å². The highest BCUT2D eigenvalue weighted by Gasteiger charge is 2.42. The molecule has 2 aromatic carbocycles.